The van der Waals surface area contributed by atoms with Gasteiger partial charge in [0.2, 0.25) is 5.91 Å². The summed E-state index contributed by atoms with van der Waals surface area (Å²) in [4.78, 5) is 23.8. The van der Waals surface area contributed by atoms with Crippen molar-refractivity contribution >= 4 is 34.8 Å². The van der Waals surface area contributed by atoms with Crippen LogP contribution in [0.5, 0.6) is 5.75 Å². The number of carbonyl (C=O) groups is 2. The van der Waals surface area contributed by atoms with Crippen LogP contribution in [0.2, 0.25) is 5.02 Å². The molecule has 138 valence electrons. The third-order valence-corrected chi connectivity index (χ3v) is 4.01. The van der Waals surface area contributed by atoms with Crippen molar-refractivity contribution in [3.63, 3.8) is 0 Å². The Balaban J connectivity index is 1.96. The van der Waals surface area contributed by atoms with Crippen molar-refractivity contribution in [2.24, 2.45) is 0 Å². The molecule has 0 radical (unpaired) electrons. The van der Waals surface area contributed by atoms with Crippen molar-refractivity contribution in [2.45, 2.75) is 33.1 Å². The predicted molar refractivity (Wildman–Crippen MR) is 105 cm³/mol. The van der Waals surface area contributed by atoms with E-state index in [0.717, 1.165) is 18.4 Å². The van der Waals surface area contributed by atoms with Gasteiger partial charge >= 0.3 is 0 Å². The highest BCUT2D eigenvalue weighted by Gasteiger charge is 2.09. The summed E-state index contributed by atoms with van der Waals surface area (Å²) in [5.41, 5.74) is 2.15. The van der Waals surface area contributed by atoms with Gasteiger partial charge in [0.1, 0.15) is 5.75 Å². The van der Waals surface area contributed by atoms with E-state index in [1.165, 1.54) is 0 Å². The van der Waals surface area contributed by atoms with Crippen LogP contribution in [0.1, 0.15) is 32.3 Å². The molecule has 0 saturated carbocycles. The Kier molecular flexibility index (Phi) is 7.48. The number of nitrogens with one attached hydrogen (secondary N) is 2. The number of aryl methyl sites for hydroxylation is 1. The molecule has 2 N–H and O–H groups in total. The molecule has 2 amide bonds. The normalized spacial score (nSPS) is 10.3. The monoisotopic (exact) mass is 374 g/mol. The number of anilines is 2. The molecule has 0 aromatic heterocycles. The fourth-order valence-electron chi connectivity index (χ4n) is 2.34. The summed E-state index contributed by atoms with van der Waals surface area (Å²) in [5, 5.41) is 5.87. The molecule has 0 aliphatic rings. The Morgan fingerprint density at radius 1 is 1.04 bits per heavy atom. The van der Waals surface area contributed by atoms with Crippen LogP contribution in [0.15, 0.2) is 42.5 Å². The van der Waals surface area contributed by atoms with Gasteiger partial charge < -0.3 is 15.4 Å². The first-order chi connectivity index (χ1) is 12.5. The largest absolute Gasteiger partial charge is 0.484 e. The Hall–Kier alpha value is -2.53. The van der Waals surface area contributed by atoms with E-state index < -0.39 is 0 Å². The summed E-state index contributed by atoms with van der Waals surface area (Å²) in [5.74, 6) is 0.239. The van der Waals surface area contributed by atoms with Gasteiger partial charge in [-0.1, -0.05) is 37.6 Å². The van der Waals surface area contributed by atoms with Crippen molar-refractivity contribution in [3.8, 4) is 5.75 Å². The van der Waals surface area contributed by atoms with Crippen LogP contribution in [0, 0.1) is 0 Å². The molecule has 0 saturated heterocycles. The van der Waals surface area contributed by atoms with E-state index in [2.05, 4.69) is 17.6 Å². The molecule has 0 atom stereocenters. The first-order valence-corrected chi connectivity index (χ1v) is 9.00. The van der Waals surface area contributed by atoms with Gasteiger partial charge in [0, 0.05) is 12.1 Å². The van der Waals surface area contributed by atoms with Gasteiger partial charge in [-0.15, -0.1) is 0 Å². The number of ether oxygens (including phenoxy) is 1. The zero-order valence-corrected chi connectivity index (χ0v) is 15.7. The predicted octanol–water partition coefficient (Wildman–Crippen LogP) is 4.66. The minimum Gasteiger partial charge on any atom is -0.484 e. The number of rotatable bonds is 8. The second kappa shape index (κ2) is 9.82. The quantitative estimate of drug-likeness (QED) is 0.706. The Morgan fingerprint density at radius 2 is 1.85 bits per heavy atom. The highest BCUT2D eigenvalue weighted by molar-refractivity contribution is 6.33. The maximum absolute atomic E-state index is 12.1. The van der Waals surface area contributed by atoms with E-state index in [0.29, 0.717) is 28.6 Å². The SMILES string of the molecule is CCCC(=O)Nc1ccc(Cl)c(NC(=O)COc2cccc(CC)c2)c1. The molecule has 2 aromatic rings. The Bertz CT molecular complexity index is 777. The van der Waals surface area contributed by atoms with Crippen LogP contribution in [0.25, 0.3) is 0 Å². The van der Waals surface area contributed by atoms with Crippen molar-refractivity contribution in [3.05, 3.63) is 53.1 Å². The number of hydrogen-bond acceptors (Lipinski definition) is 3. The van der Waals surface area contributed by atoms with Gasteiger partial charge in [0.05, 0.1) is 10.7 Å². The minimum absolute atomic E-state index is 0.0776. The molecule has 0 fully saturated rings. The molecule has 0 aliphatic carbocycles. The molecule has 0 spiro atoms. The molecule has 0 heterocycles. The Labute approximate surface area is 158 Å². The number of carbonyl (C=O) groups excluding carboxylic acids is 2. The second-order valence-electron chi connectivity index (χ2n) is 5.83. The van der Waals surface area contributed by atoms with E-state index in [9.17, 15) is 9.59 Å². The summed E-state index contributed by atoms with van der Waals surface area (Å²) in [7, 11) is 0. The van der Waals surface area contributed by atoms with Crippen molar-refractivity contribution in [1.29, 1.82) is 0 Å². The highest BCUT2D eigenvalue weighted by Crippen LogP contribution is 2.25. The van der Waals surface area contributed by atoms with E-state index in [1.54, 1.807) is 18.2 Å². The fraction of sp³-hybridized carbons (Fsp3) is 0.300. The zero-order chi connectivity index (χ0) is 18.9. The number of hydrogen-bond donors (Lipinski definition) is 2. The summed E-state index contributed by atoms with van der Waals surface area (Å²) < 4.78 is 5.52. The van der Waals surface area contributed by atoms with Crippen molar-refractivity contribution in [2.75, 3.05) is 17.2 Å². The smallest absolute Gasteiger partial charge is 0.262 e. The van der Waals surface area contributed by atoms with Gasteiger partial charge in [0.25, 0.3) is 5.91 Å². The third-order valence-electron chi connectivity index (χ3n) is 3.68. The zero-order valence-electron chi connectivity index (χ0n) is 15.0. The maximum atomic E-state index is 12.1. The lowest BCUT2D eigenvalue weighted by molar-refractivity contribution is -0.118. The van der Waals surface area contributed by atoms with Crippen LogP contribution in [0.3, 0.4) is 0 Å². The standard InChI is InChI=1S/C20H23ClN2O3/c1-3-6-19(24)22-15-9-10-17(21)18(12-15)23-20(25)13-26-16-8-5-7-14(4-2)11-16/h5,7-12H,3-4,6,13H2,1-2H3,(H,22,24)(H,23,25). The first kappa shape index (κ1) is 19.8. The minimum atomic E-state index is -0.328. The molecular weight excluding hydrogens is 352 g/mol. The maximum Gasteiger partial charge on any atom is 0.262 e. The van der Waals surface area contributed by atoms with Crippen molar-refractivity contribution in [1.82, 2.24) is 0 Å². The van der Waals surface area contributed by atoms with Crippen LogP contribution < -0.4 is 15.4 Å². The van der Waals surface area contributed by atoms with Gasteiger partial charge in [-0.3, -0.25) is 9.59 Å². The number of amides is 2. The van der Waals surface area contributed by atoms with Gasteiger partial charge in [0.15, 0.2) is 6.61 Å². The molecule has 2 aromatic carbocycles. The van der Waals surface area contributed by atoms with Gasteiger partial charge in [-0.25, -0.2) is 0 Å². The van der Waals surface area contributed by atoms with Gasteiger partial charge in [-0.05, 0) is 48.7 Å². The highest BCUT2D eigenvalue weighted by atomic mass is 35.5. The third kappa shape index (κ3) is 6.08. The molecule has 0 bridgehead atoms. The van der Waals surface area contributed by atoms with Crippen LogP contribution in [0.4, 0.5) is 11.4 Å². The van der Waals surface area contributed by atoms with E-state index >= 15 is 0 Å². The first-order valence-electron chi connectivity index (χ1n) is 8.62. The van der Waals surface area contributed by atoms with Crippen LogP contribution in [-0.2, 0) is 16.0 Å². The van der Waals surface area contributed by atoms with Crippen LogP contribution >= 0.6 is 11.6 Å². The van der Waals surface area contributed by atoms with E-state index in [-0.39, 0.29) is 18.4 Å². The molecule has 0 unspecified atom stereocenters. The lowest BCUT2D eigenvalue weighted by Gasteiger charge is -2.11. The molecule has 5 nitrogen and oxygen atoms in total. The number of halogens is 1. The van der Waals surface area contributed by atoms with E-state index in [1.807, 2.05) is 31.2 Å². The molecule has 26 heavy (non-hydrogen) atoms. The lowest BCUT2D eigenvalue weighted by Crippen LogP contribution is -2.20. The van der Waals surface area contributed by atoms with Gasteiger partial charge in [-0.2, -0.15) is 0 Å². The summed E-state index contributed by atoms with van der Waals surface area (Å²) in [6, 6.07) is 12.6. The fourth-order valence-corrected chi connectivity index (χ4v) is 2.50. The number of benzene rings is 2. The molecule has 6 heteroatoms. The van der Waals surface area contributed by atoms with Crippen molar-refractivity contribution < 1.29 is 14.3 Å². The average Bonchev–Trinajstić information content (AvgIpc) is 2.63. The molecule has 0 aliphatic heterocycles. The summed E-state index contributed by atoms with van der Waals surface area (Å²) in [6.07, 6.45) is 2.10. The summed E-state index contributed by atoms with van der Waals surface area (Å²) >= 11 is 6.13. The lowest BCUT2D eigenvalue weighted by atomic mass is 10.2. The molecular formula is C20H23ClN2O3. The topological polar surface area (TPSA) is 67.4 Å². The van der Waals surface area contributed by atoms with E-state index in [4.69, 9.17) is 16.3 Å². The second-order valence-corrected chi connectivity index (χ2v) is 6.24. The average molecular weight is 375 g/mol. The Morgan fingerprint density at radius 3 is 2.58 bits per heavy atom. The molecule has 2 rings (SSSR count). The van der Waals surface area contributed by atoms with Crippen LogP contribution in [-0.4, -0.2) is 18.4 Å². The summed E-state index contributed by atoms with van der Waals surface area (Å²) in [6.45, 7) is 3.86.